The van der Waals surface area contributed by atoms with Crippen molar-refractivity contribution in [3.63, 3.8) is 0 Å². The van der Waals surface area contributed by atoms with Crippen LogP contribution < -0.4 is 5.56 Å². The molecule has 1 saturated heterocycles. The zero-order valence-electron chi connectivity index (χ0n) is 14.8. The number of ether oxygens (including phenoxy) is 1. The fourth-order valence-electron chi connectivity index (χ4n) is 4.25. The van der Waals surface area contributed by atoms with Crippen LogP contribution in [0.1, 0.15) is 30.5 Å². The molecule has 4 rings (SSSR count). The Labute approximate surface area is 151 Å². The van der Waals surface area contributed by atoms with E-state index in [2.05, 4.69) is 9.97 Å². The lowest BCUT2D eigenvalue weighted by molar-refractivity contribution is -0.137. The van der Waals surface area contributed by atoms with Gasteiger partial charge in [-0.3, -0.25) is 14.6 Å². The van der Waals surface area contributed by atoms with Crippen LogP contribution in [-0.2, 0) is 21.4 Å². The van der Waals surface area contributed by atoms with Gasteiger partial charge in [0, 0.05) is 49.1 Å². The first-order valence-electron chi connectivity index (χ1n) is 8.94. The molecule has 1 aliphatic carbocycles. The van der Waals surface area contributed by atoms with E-state index in [4.69, 9.17) is 9.72 Å². The summed E-state index contributed by atoms with van der Waals surface area (Å²) in [4.78, 5) is 38.6. The molecule has 0 radical (unpaired) electrons. The van der Waals surface area contributed by atoms with E-state index >= 15 is 0 Å². The van der Waals surface area contributed by atoms with E-state index in [1.165, 1.54) is 7.11 Å². The van der Waals surface area contributed by atoms with Crippen LogP contribution in [0.15, 0.2) is 29.3 Å². The number of amides is 1. The normalized spacial score (nSPS) is 21.8. The first-order chi connectivity index (χ1) is 12.6. The van der Waals surface area contributed by atoms with E-state index < -0.39 is 0 Å². The topological polar surface area (TPSA) is 88.2 Å². The third-order valence-corrected chi connectivity index (χ3v) is 5.50. The molecule has 2 aromatic heterocycles. The molecule has 7 nitrogen and oxygen atoms in total. The van der Waals surface area contributed by atoms with E-state index in [1.54, 1.807) is 12.4 Å². The fourth-order valence-corrected chi connectivity index (χ4v) is 4.25. The predicted octanol–water partition coefficient (Wildman–Crippen LogP) is 1.28. The Hall–Kier alpha value is -2.54. The molecule has 1 aliphatic heterocycles. The summed E-state index contributed by atoms with van der Waals surface area (Å²) in [6.45, 7) is 1.43. The number of nitrogens with zero attached hydrogens (tertiary/aromatic N) is 3. The predicted molar refractivity (Wildman–Crippen MR) is 95.8 cm³/mol. The summed E-state index contributed by atoms with van der Waals surface area (Å²) < 4.78 is 5.00. The SMILES string of the molecule is COCC(=O)N1CCCC2(CCc3c2nc(-c2cccnc2)[nH]c3=O)C1. The van der Waals surface area contributed by atoms with Crippen LogP contribution in [0.4, 0.5) is 0 Å². The zero-order chi connectivity index (χ0) is 18.1. The monoisotopic (exact) mass is 354 g/mol. The van der Waals surface area contributed by atoms with E-state index in [9.17, 15) is 9.59 Å². The number of hydrogen-bond donors (Lipinski definition) is 1. The minimum Gasteiger partial charge on any atom is -0.375 e. The molecule has 3 heterocycles. The molecule has 1 N–H and O–H groups in total. The van der Waals surface area contributed by atoms with Crippen molar-refractivity contribution in [2.75, 3.05) is 26.8 Å². The quantitative estimate of drug-likeness (QED) is 0.897. The summed E-state index contributed by atoms with van der Waals surface area (Å²) in [5, 5.41) is 0. The number of rotatable bonds is 3. The van der Waals surface area contributed by atoms with Gasteiger partial charge in [-0.15, -0.1) is 0 Å². The van der Waals surface area contributed by atoms with Gasteiger partial charge in [-0.1, -0.05) is 0 Å². The lowest BCUT2D eigenvalue weighted by Gasteiger charge is -2.40. The highest BCUT2D eigenvalue weighted by molar-refractivity contribution is 5.77. The maximum absolute atomic E-state index is 12.6. The Balaban J connectivity index is 1.73. The van der Waals surface area contributed by atoms with Gasteiger partial charge in [0.05, 0.1) is 5.69 Å². The second-order valence-corrected chi connectivity index (χ2v) is 7.12. The number of hydrogen-bond acceptors (Lipinski definition) is 5. The van der Waals surface area contributed by atoms with Gasteiger partial charge in [0.1, 0.15) is 12.4 Å². The van der Waals surface area contributed by atoms with Gasteiger partial charge in [0.15, 0.2) is 0 Å². The largest absolute Gasteiger partial charge is 0.375 e. The summed E-state index contributed by atoms with van der Waals surface area (Å²) in [5.74, 6) is 0.542. The maximum atomic E-state index is 12.6. The molecule has 2 aromatic rings. The molecule has 1 fully saturated rings. The summed E-state index contributed by atoms with van der Waals surface area (Å²) in [7, 11) is 1.53. The van der Waals surface area contributed by atoms with Gasteiger partial charge in [0.2, 0.25) is 5.91 Å². The van der Waals surface area contributed by atoms with Crippen LogP contribution in [-0.4, -0.2) is 52.6 Å². The Kier molecular flexibility index (Phi) is 4.32. The van der Waals surface area contributed by atoms with Crippen molar-refractivity contribution in [2.24, 2.45) is 0 Å². The number of H-pyrrole nitrogens is 1. The molecule has 2 aliphatic rings. The van der Waals surface area contributed by atoms with Gasteiger partial charge in [-0.05, 0) is 37.8 Å². The number of carbonyl (C=O) groups excluding carboxylic acids is 1. The third-order valence-electron chi connectivity index (χ3n) is 5.50. The van der Waals surface area contributed by atoms with Crippen molar-refractivity contribution in [1.29, 1.82) is 0 Å². The molecule has 0 aromatic carbocycles. The van der Waals surface area contributed by atoms with Crippen LogP contribution in [0.3, 0.4) is 0 Å². The smallest absolute Gasteiger partial charge is 0.254 e. The van der Waals surface area contributed by atoms with Gasteiger partial charge < -0.3 is 14.6 Å². The number of aromatic amines is 1. The zero-order valence-corrected chi connectivity index (χ0v) is 14.8. The van der Waals surface area contributed by atoms with E-state index in [1.807, 2.05) is 17.0 Å². The van der Waals surface area contributed by atoms with E-state index in [0.29, 0.717) is 18.8 Å². The van der Waals surface area contributed by atoms with Crippen LogP contribution >= 0.6 is 0 Å². The number of likely N-dealkylation sites (tertiary alicyclic amines) is 1. The molecule has 1 atom stereocenters. The summed E-state index contributed by atoms with van der Waals surface area (Å²) in [5.41, 5.74) is 2.10. The molecule has 1 unspecified atom stereocenters. The van der Waals surface area contributed by atoms with Crippen molar-refractivity contribution in [3.05, 3.63) is 46.1 Å². The van der Waals surface area contributed by atoms with Gasteiger partial charge in [-0.2, -0.15) is 0 Å². The molecule has 0 saturated carbocycles. The number of carbonyl (C=O) groups is 1. The van der Waals surface area contributed by atoms with Crippen molar-refractivity contribution in [3.8, 4) is 11.4 Å². The van der Waals surface area contributed by atoms with Gasteiger partial charge in [0.25, 0.3) is 5.56 Å². The Bertz CT molecular complexity index is 880. The summed E-state index contributed by atoms with van der Waals surface area (Å²) in [6, 6.07) is 3.71. The lowest BCUT2D eigenvalue weighted by atomic mass is 9.77. The number of methoxy groups -OCH3 is 1. The molecule has 136 valence electrons. The molecular formula is C19H22N4O3. The third kappa shape index (κ3) is 2.82. The average Bonchev–Trinajstić information content (AvgIpc) is 3.01. The first kappa shape index (κ1) is 16.9. The Morgan fingerprint density at radius 2 is 2.31 bits per heavy atom. The second-order valence-electron chi connectivity index (χ2n) is 7.12. The highest BCUT2D eigenvalue weighted by Crippen LogP contribution is 2.43. The first-order valence-corrected chi connectivity index (χ1v) is 8.94. The molecule has 26 heavy (non-hydrogen) atoms. The molecular weight excluding hydrogens is 332 g/mol. The Morgan fingerprint density at radius 3 is 3.08 bits per heavy atom. The minimum absolute atomic E-state index is 0.00246. The highest BCUT2D eigenvalue weighted by atomic mass is 16.5. The maximum Gasteiger partial charge on any atom is 0.254 e. The number of nitrogens with one attached hydrogen (secondary N) is 1. The van der Waals surface area contributed by atoms with E-state index in [0.717, 1.165) is 42.6 Å². The number of pyridine rings is 1. The average molecular weight is 354 g/mol. The van der Waals surface area contributed by atoms with Crippen molar-refractivity contribution >= 4 is 5.91 Å². The molecule has 7 heteroatoms. The molecule has 0 bridgehead atoms. The summed E-state index contributed by atoms with van der Waals surface area (Å²) >= 11 is 0. The van der Waals surface area contributed by atoms with Gasteiger partial charge in [-0.25, -0.2) is 4.98 Å². The lowest BCUT2D eigenvalue weighted by Crippen LogP contribution is -2.49. The number of aromatic nitrogens is 3. The summed E-state index contributed by atoms with van der Waals surface area (Å²) in [6.07, 6.45) is 6.80. The van der Waals surface area contributed by atoms with Crippen molar-refractivity contribution in [2.45, 2.75) is 31.1 Å². The van der Waals surface area contributed by atoms with E-state index in [-0.39, 0.29) is 23.5 Å². The fraction of sp³-hybridized carbons (Fsp3) is 0.474. The van der Waals surface area contributed by atoms with Crippen molar-refractivity contribution in [1.82, 2.24) is 19.9 Å². The standard InChI is InChI=1S/C19H22N4O3/c1-26-11-15(24)23-9-3-6-19(12-23)7-5-14-16(19)21-17(22-18(14)25)13-4-2-8-20-10-13/h2,4,8,10H,3,5-7,9,11-12H2,1H3,(H,21,22,25). The van der Waals surface area contributed by atoms with Crippen LogP contribution in [0, 0.1) is 0 Å². The van der Waals surface area contributed by atoms with Crippen LogP contribution in [0.25, 0.3) is 11.4 Å². The number of piperidine rings is 1. The second kappa shape index (κ2) is 6.64. The van der Waals surface area contributed by atoms with Crippen LogP contribution in [0.5, 0.6) is 0 Å². The molecule has 1 amide bonds. The van der Waals surface area contributed by atoms with Gasteiger partial charge >= 0.3 is 0 Å². The number of fused-ring (bicyclic) bond motifs is 2. The minimum atomic E-state index is -0.234. The Morgan fingerprint density at radius 1 is 1.42 bits per heavy atom. The molecule has 1 spiro atoms. The van der Waals surface area contributed by atoms with Crippen LogP contribution in [0.2, 0.25) is 0 Å². The highest BCUT2D eigenvalue weighted by Gasteiger charge is 2.45. The van der Waals surface area contributed by atoms with Crippen molar-refractivity contribution < 1.29 is 9.53 Å².